The maximum atomic E-state index is 10.7. The molecule has 2 rings (SSSR count). The largest absolute Gasteiger partial charge is 0.352 e. The van der Waals surface area contributed by atoms with E-state index in [-0.39, 0.29) is 29.7 Å². The van der Waals surface area contributed by atoms with E-state index in [0.717, 1.165) is 19.0 Å². The Labute approximate surface area is 133 Å². The third-order valence-electron chi connectivity index (χ3n) is 2.74. The van der Waals surface area contributed by atoms with E-state index in [4.69, 9.17) is 11.6 Å². The first-order valence-corrected chi connectivity index (χ1v) is 5.88. The molecule has 1 heterocycles. The van der Waals surface area contributed by atoms with E-state index in [1.54, 1.807) is 0 Å². The normalized spacial score (nSPS) is 13.8. The van der Waals surface area contributed by atoms with Crippen LogP contribution in [0.1, 0.15) is 5.56 Å². The molecule has 6 nitrogen and oxygen atoms in total. The highest BCUT2D eigenvalue weighted by Gasteiger charge is 2.14. The molecule has 19 heavy (non-hydrogen) atoms. The van der Waals surface area contributed by atoms with Gasteiger partial charge in [-0.1, -0.05) is 11.6 Å². The molecule has 0 saturated carbocycles. The molecule has 0 unspecified atom stereocenters. The summed E-state index contributed by atoms with van der Waals surface area (Å²) in [5.41, 5.74) is 0.729. The molecule has 0 spiro atoms. The van der Waals surface area contributed by atoms with Gasteiger partial charge < -0.3 is 10.2 Å². The van der Waals surface area contributed by atoms with E-state index >= 15 is 0 Å². The molecular weight excluding hydrogens is 383 g/mol. The van der Waals surface area contributed by atoms with Crippen LogP contribution >= 0.6 is 35.6 Å². The average Bonchev–Trinajstić information content (AvgIpc) is 2.73. The first kappa shape index (κ1) is 16.0. The van der Waals surface area contributed by atoms with Crippen LogP contribution in [0, 0.1) is 10.1 Å². The lowest BCUT2D eigenvalue weighted by molar-refractivity contribution is -0.384. The van der Waals surface area contributed by atoms with Gasteiger partial charge in [-0.05, 0) is 11.6 Å². The van der Waals surface area contributed by atoms with Crippen LogP contribution in [0.25, 0.3) is 0 Å². The number of guanidine groups is 1. The Hall–Kier alpha value is -1.09. The van der Waals surface area contributed by atoms with Crippen molar-refractivity contribution >= 4 is 47.2 Å². The predicted octanol–water partition coefficient (Wildman–Crippen LogP) is 2.26. The maximum Gasteiger partial charge on any atom is 0.269 e. The Bertz CT molecular complexity index is 509. The number of rotatable bonds is 3. The standard InChI is InChI=1S/C11H13ClN4O2.HI/c1-15-5-4-13-11(15)14-7-8-6-9(16(17)18)2-3-10(8)12;/h2-3,6H,4-5,7H2,1H3,(H,13,14);1H. The van der Waals surface area contributed by atoms with Crippen LogP contribution in [0.15, 0.2) is 23.2 Å². The van der Waals surface area contributed by atoms with E-state index in [9.17, 15) is 10.1 Å². The number of likely N-dealkylation sites (N-methyl/N-ethyl adjacent to an activating group) is 1. The van der Waals surface area contributed by atoms with E-state index in [1.165, 1.54) is 18.2 Å². The van der Waals surface area contributed by atoms with Crippen molar-refractivity contribution in [3.63, 3.8) is 0 Å². The third kappa shape index (κ3) is 3.93. The van der Waals surface area contributed by atoms with Crippen molar-refractivity contribution in [2.75, 3.05) is 20.1 Å². The Morgan fingerprint density at radius 1 is 1.58 bits per heavy atom. The minimum absolute atomic E-state index is 0. The maximum absolute atomic E-state index is 10.7. The number of aliphatic imine (C=N–C) groups is 1. The lowest BCUT2D eigenvalue weighted by Crippen LogP contribution is -2.35. The highest BCUT2D eigenvalue weighted by molar-refractivity contribution is 14.0. The highest BCUT2D eigenvalue weighted by Crippen LogP contribution is 2.21. The molecule has 1 aliphatic rings. The summed E-state index contributed by atoms with van der Waals surface area (Å²) < 4.78 is 0. The molecule has 8 heteroatoms. The number of benzene rings is 1. The zero-order chi connectivity index (χ0) is 13.1. The van der Waals surface area contributed by atoms with Crippen molar-refractivity contribution in [1.29, 1.82) is 0 Å². The van der Waals surface area contributed by atoms with Gasteiger partial charge in [0, 0.05) is 37.3 Å². The fourth-order valence-electron chi connectivity index (χ4n) is 1.71. The summed E-state index contributed by atoms with van der Waals surface area (Å²) in [5.74, 6) is 0.789. The molecule has 0 saturated heterocycles. The molecule has 1 aliphatic heterocycles. The SMILES string of the molecule is CN1CCN=C1NCc1cc([N+](=O)[O-])ccc1Cl.I. The third-order valence-corrected chi connectivity index (χ3v) is 3.10. The summed E-state index contributed by atoms with van der Waals surface area (Å²) in [7, 11) is 1.94. The van der Waals surface area contributed by atoms with Crippen molar-refractivity contribution in [3.05, 3.63) is 38.9 Å². The summed E-state index contributed by atoms with van der Waals surface area (Å²) in [6.45, 7) is 2.07. The zero-order valence-corrected chi connectivity index (χ0v) is 13.4. The van der Waals surface area contributed by atoms with Crippen molar-refractivity contribution in [2.45, 2.75) is 6.54 Å². The Morgan fingerprint density at radius 2 is 2.32 bits per heavy atom. The fourth-order valence-corrected chi connectivity index (χ4v) is 1.89. The second-order valence-electron chi connectivity index (χ2n) is 4.01. The molecule has 0 aliphatic carbocycles. The van der Waals surface area contributed by atoms with E-state index in [2.05, 4.69) is 10.3 Å². The van der Waals surface area contributed by atoms with E-state index < -0.39 is 4.92 Å². The summed E-state index contributed by atoms with van der Waals surface area (Å²) in [6.07, 6.45) is 0. The molecule has 0 atom stereocenters. The highest BCUT2D eigenvalue weighted by atomic mass is 127. The molecule has 0 bridgehead atoms. The molecule has 0 aromatic heterocycles. The van der Waals surface area contributed by atoms with Gasteiger partial charge in [-0.3, -0.25) is 15.1 Å². The number of halogens is 2. The van der Waals surface area contributed by atoms with Gasteiger partial charge in [0.15, 0.2) is 5.96 Å². The van der Waals surface area contributed by atoms with Gasteiger partial charge in [0.25, 0.3) is 5.69 Å². The van der Waals surface area contributed by atoms with E-state index in [0.29, 0.717) is 17.1 Å². The topological polar surface area (TPSA) is 70.8 Å². The molecule has 0 amide bonds. The first-order chi connectivity index (χ1) is 8.58. The lowest BCUT2D eigenvalue weighted by Gasteiger charge is -2.15. The van der Waals surface area contributed by atoms with Gasteiger partial charge in [-0.2, -0.15) is 0 Å². The molecular formula is C11H14ClIN4O2. The Balaban J connectivity index is 0.00000180. The van der Waals surface area contributed by atoms with Crippen molar-refractivity contribution in [1.82, 2.24) is 10.2 Å². The molecule has 1 aromatic rings. The molecule has 0 radical (unpaired) electrons. The van der Waals surface area contributed by atoms with Gasteiger partial charge in [0.05, 0.1) is 11.5 Å². The van der Waals surface area contributed by atoms with Gasteiger partial charge >= 0.3 is 0 Å². The Morgan fingerprint density at radius 3 is 2.89 bits per heavy atom. The quantitative estimate of drug-likeness (QED) is 0.483. The average molecular weight is 397 g/mol. The minimum atomic E-state index is -0.432. The predicted molar refractivity (Wildman–Crippen MR) is 85.3 cm³/mol. The van der Waals surface area contributed by atoms with Crippen LogP contribution in [0.4, 0.5) is 5.69 Å². The fraction of sp³-hybridized carbons (Fsp3) is 0.364. The van der Waals surface area contributed by atoms with Gasteiger partial charge in [-0.15, -0.1) is 24.0 Å². The van der Waals surface area contributed by atoms with Crippen molar-refractivity contribution in [2.24, 2.45) is 4.99 Å². The van der Waals surface area contributed by atoms with Crippen LogP contribution in [0.2, 0.25) is 5.02 Å². The molecule has 0 fully saturated rings. The van der Waals surface area contributed by atoms with E-state index in [1.807, 2.05) is 11.9 Å². The summed E-state index contributed by atoms with van der Waals surface area (Å²) in [6, 6.07) is 4.41. The lowest BCUT2D eigenvalue weighted by atomic mass is 10.2. The molecule has 1 aromatic carbocycles. The molecule has 104 valence electrons. The first-order valence-electron chi connectivity index (χ1n) is 5.50. The van der Waals surface area contributed by atoms with Gasteiger partial charge in [0.2, 0.25) is 0 Å². The van der Waals surface area contributed by atoms with Crippen LogP contribution in [-0.2, 0) is 6.54 Å². The van der Waals surface area contributed by atoms with Crippen molar-refractivity contribution in [3.8, 4) is 0 Å². The number of nitro groups is 1. The number of nitrogens with one attached hydrogen (secondary N) is 1. The van der Waals surface area contributed by atoms with Crippen LogP contribution in [0.5, 0.6) is 0 Å². The van der Waals surface area contributed by atoms with Crippen LogP contribution in [-0.4, -0.2) is 35.9 Å². The smallest absolute Gasteiger partial charge is 0.269 e. The number of non-ortho nitro benzene ring substituents is 1. The van der Waals surface area contributed by atoms with Crippen LogP contribution < -0.4 is 5.32 Å². The Kier molecular flexibility index (Phi) is 5.80. The summed E-state index contributed by atoms with van der Waals surface area (Å²) >= 11 is 6.01. The second-order valence-corrected chi connectivity index (χ2v) is 4.42. The van der Waals surface area contributed by atoms with Crippen molar-refractivity contribution < 1.29 is 4.92 Å². The number of hydrogen-bond donors (Lipinski definition) is 1. The van der Waals surface area contributed by atoms with Gasteiger partial charge in [0.1, 0.15) is 0 Å². The number of hydrogen-bond acceptors (Lipinski definition) is 5. The number of nitro benzene ring substituents is 1. The number of nitrogens with zero attached hydrogens (tertiary/aromatic N) is 3. The summed E-state index contributed by atoms with van der Waals surface area (Å²) in [5, 5.41) is 14.3. The summed E-state index contributed by atoms with van der Waals surface area (Å²) in [4.78, 5) is 16.5. The zero-order valence-electron chi connectivity index (χ0n) is 10.3. The molecule has 1 N–H and O–H groups in total. The monoisotopic (exact) mass is 396 g/mol. The minimum Gasteiger partial charge on any atom is -0.352 e. The van der Waals surface area contributed by atoms with Gasteiger partial charge in [-0.25, -0.2) is 0 Å². The van der Waals surface area contributed by atoms with Crippen LogP contribution in [0.3, 0.4) is 0 Å². The second kappa shape index (κ2) is 6.90.